The number of carbonyl (C=O) groups excluding carboxylic acids is 1. The Hall–Kier alpha value is -2.55. The molecule has 0 aliphatic rings. The fourth-order valence-electron chi connectivity index (χ4n) is 2.07. The zero-order chi connectivity index (χ0) is 15.9. The molecule has 3 heteroatoms. The van der Waals surface area contributed by atoms with Crippen molar-refractivity contribution in [1.29, 1.82) is 0 Å². The van der Waals surface area contributed by atoms with E-state index >= 15 is 0 Å². The normalized spacial score (nSPS) is 10.1. The lowest BCUT2D eigenvalue weighted by molar-refractivity contribution is 0.112. The Bertz CT molecular complexity index is 669. The van der Waals surface area contributed by atoms with Crippen LogP contribution in [-0.2, 0) is 13.0 Å². The number of hydrogen-bond donors (Lipinski definition) is 1. The lowest BCUT2D eigenvalue weighted by atomic mass is 10.0. The van der Waals surface area contributed by atoms with Gasteiger partial charge in [0.1, 0.15) is 18.1 Å². The van der Waals surface area contributed by atoms with Gasteiger partial charge in [-0.05, 0) is 37.5 Å². The number of aromatic hydroxyl groups is 1. The van der Waals surface area contributed by atoms with Crippen LogP contribution in [0.2, 0.25) is 0 Å². The van der Waals surface area contributed by atoms with Gasteiger partial charge in [0.15, 0.2) is 6.29 Å². The number of aldehydes is 1. The molecule has 0 bridgehead atoms. The summed E-state index contributed by atoms with van der Waals surface area (Å²) in [5.41, 5.74) is 3.41. The molecule has 2 aromatic carbocycles. The van der Waals surface area contributed by atoms with Crippen molar-refractivity contribution < 1.29 is 14.6 Å². The van der Waals surface area contributed by atoms with Gasteiger partial charge >= 0.3 is 0 Å². The highest BCUT2D eigenvalue weighted by atomic mass is 16.5. The third kappa shape index (κ3) is 4.22. The Morgan fingerprint density at radius 3 is 2.55 bits per heavy atom. The number of ether oxygens (including phenoxy) is 1. The highest BCUT2D eigenvalue weighted by Crippen LogP contribution is 2.29. The SMILES string of the molecule is CC(C)=CCc1cc(C=O)c(O)cc1OCc1ccccc1. The molecule has 0 unspecified atom stereocenters. The van der Waals surface area contributed by atoms with E-state index in [2.05, 4.69) is 6.08 Å². The number of benzene rings is 2. The quantitative estimate of drug-likeness (QED) is 0.639. The van der Waals surface area contributed by atoms with Gasteiger partial charge in [-0.1, -0.05) is 42.0 Å². The Morgan fingerprint density at radius 1 is 1.18 bits per heavy atom. The molecule has 0 spiro atoms. The van der Waals surface area contributed by atoms with Gasteiger partial charge in [0.25, 0.3) is 0 Å². The molecule has 0 fully saturated rings. The smallest absolute Gasteiger partial charge is 0.153 e. The van der Waals surface area contributed by atoms with E-state index in [1.165, 1.54) is 11.6 Å². The molecule has 0 aliphatic carbocycles. The van der Waals surface area contributed by atoms with E-state index in [0.717, 1.165) is 11.1 Å². The van der Waals surface area contributed by atoms with E-state index in [1.807, 2.05) is 44.2 Å². The molecule has 0 radical (unpaired) electrons. The van der Waals surface area contributed by atoms with Crippen molar-refractivity contribution >= 4 is 6.29 Å². The Labute approximate surface area is 130 Å². The van der Waals surface area contributed by atoms with Crippen molar-refractivity contribution in [3.05, 3.63) is 70.8 Å². The van der Waals surface area contributed by atoms with Crippen molar-refractivity contribution in [3.63, 3.8) is 0 Å². The van der Waals surface area contributed by atoms with E-state index < -0.39 is 0 Å². The molecular weight excluding hydrogens is 276 g/mol. The zero-order valence-electron chi connectivity index (χ0n) is 12.9. The van der Waals surface area contributed by atoms with Crippen LogP contribution < -0.4 is 4.74 Å². The number of hydrogen-bond acceptors (Lipinski definition) is 3. The molecule has 0 saturated carbocycles. The van der Waals surface area contributed by atoms with E-state index in [0.29, 0.717) is 25.1 Å². The maximum absolute atomic E-state index is 11.0. The molecule has 2 aromatic rings. The van der Waals surface area contributed by atoms with Crippen molar-refractivity contribution in [3.8, 4) is 11.5 Å². The number of allylic oxidation sites excluding steroid dienone is 2. The van der Waals surface area contributed by atoms with Crippen LogP contribution in [0.5, 0.6) is 11.5 Å². The summed E-state index contributed by atoms with van der Waals surface area (Å²) in [6.07, 6.45) is 3.38. The fraction of sp³-hybridized carbons (Fsp3) is 0.211. The predicted molar refractivity (Wildman–Crippen MR) is 87.4 cm³/mol. The number of carbonyl (C=O) groups is 1. The number of rotatable bonds is 6. The van der Waals surface area contributed by atoms with E-state index in [-0.39, 0.29) is 11.3 Å². The third-order valence-corrected chi connectivity index (χ3v) is 3.30. The standard InChI is InChI=1S/C19H20O3/c1-14(2)8-9-16-10-17(12-20)18(21)11-19(16)22-13-15-6-4-3-5-7-15/h3-8,10-12,21H,9,13H2,1-2H3. The summed E-state index contributed by atoms with van der Waals surface area (Å²) >= 11 is 0. The van der Waals surface area contributed by atoms with Gasteiger partial charge < -0.3 is 9.84 Å². The second-order valence-electron chi connectivity index (χ2n) is 5.40. The van der Waals surface area contributed by atoms with Crippen LogP contribution in [0.4, 0.5) is 0 Å². The zero-order valence-corrected chi connectivity index (χ0v) is 12.9. The summed E-state index contributed by atoms with van der Waals surface area (Å²) in [7, 11) is 0. The Balaban J connectivity index is 2.25. The maximum Gasteiger partial charge on any atom is 0.153 e. The highest BCUT2D eigenvalue weighted by molar-refractivity contribution is 5.80. The van der Waals surface area contributed by atoms with Crippen molar-refractivity contribution in [2.75, 3.05) is 0 Å². The average Bonchev–Trinajstić information content (AvgIpc) is 2.52. The summed E-state index contributed by atoms with van der Waals surface area (Å²) < 4.78 is 5.83. The first-order valence-electron chi connectivity index (χ1n) is 7.21. The lowest BCUT2D eigenvalue weighted by Crippen LogP contribution is -1.99. The van der Waals surface area contributed by atoms with Crippen LogP contribution in [0.25, 0.3) is 0 Å². The second-order valence-corrected chi connectivity index (χ2v) is 5.40. The minimum Gasteiger partial charge on any atom is -0.507 e. The summed E-state index contributed by atoms with van der Waals surface area (Å²) in [5, 5.41) is 9.86. The first-order valence-corrected chi connectivity index (χ1v) is 7.21. The molecule has 3 nitrogen and oxygen atoms in total. The van der Waals surface area contributed by atoms with Crippen molar-refractivity contribution in [1.82, 2.24) is 0 Å². The monoisotopic (exact) mass is 296 g/mol. The topological polar surface area (TPSA) is 46.5 Å². The van der Waals surface area contributed by atoms with Gasteiger partial charge in [-0.2, -0.15) is 0 Å². The summed E-state index contributed by atoms with van der Waals surface area (Å²) in [5.74, 6) is 0.545. The largest absolute Gasteiger partial charge is 0.507 e. The van der Waals surface area contributed by atoms with Crippen LogP contribution in [0.15, 0.2) is 54.1 Å². The van der Waals surface area contributed by atoms with Gasteiger partial charge in [0.05, 0.1) is 5.56 Å². The average molecular weight is 296 g/mol. The van der Waals surface area contributed by atoms with Crippen LogP contribution in [0.3, 0.4) is 0 Å². The lowest BCUT2D eigenvalue weighted by Gasteiger charge is -2.12. The first kappa shape index (κ1) is 15.8. The van der Waals surface area contributed by atoms with Crippen molar-refractivity contribution in [2.24, 2.45) is 0 Å². The van der Waals surface area contributed by atoms with Gasteiger partial charge in [0.2, 0.25) is 0 Å². The van der Waals surface area contributed by atoms with Gasteiger partial charge in [0, 0.05) is 6.07 Å². The van der Waals surface area contributed by atoms with E-state index in [9.17, 15) is 9.90 Å². The molecule has 1 N–H and O–H groups in total. The second kappa shape index (κ2) is 7.46. The molecule has 0 atom stereocenters. The summed E-state index contributed by atoms with van der Waals surface area (Å²) in [4.78, 5) is 11.0. The molecule has 0 heterocycles. The molecular formula is C19H20O3. The van der Waals surface area contributed by atoms with Crippen LogP contribution >= 0.6 is 0 Å². The molecule has 0 aliphatic heterocycles. The molecule has 0 saturated heterocycles. The molecule has 0 amide bonds. The van der Waals surface area contributed by atoms with Crippen LogP contribution in [0.1, 0.15) is 35.3 Å². The molecule has 2 rings (SSSR count). The predicted octanol–water partition coefficient (Wildman–Crippen LogP) is 4.29. The molecule has 114 valence electrons. The Kier molecular flexibility index (Phi) is 5.37. The number of phenolic OH excluding ortho intramolecular Hbond substituents is 1. The van der Waals surface area contributed by atoms with Gasteiger partial charge in [-0.3, -0.25) is 4.79 Å². The minimum absolute atomic E-state index is 0.0565. The fourth-order valence-corrected chi connectivity index (χ4v) is 2.07. The summed E-state index contributed by atoms with van der Waals surface area (Å²) in [6.45, 7) is 4.46. The maximum atomic E-state index is 11.0. The van der Waals surface area contributed by atoms with Gasteiger partial charge in [-0.15, -0.1) is 0 Å². The Morgan fingerprint density at radius 2 is 1.91 bits per heavy atom. The highest BCUT2D eigenvalue weighted by Gasteiger charge is 2.10. The minimum atomic E-state index is -0.0565. The molecule has 0 aromatic heterocycles. The summed E-state index contributed by atoms with van der Waals surface area (Å²) in [6, 6.07) is 13.0. The van der Waals surface area contributed by atoms with E-state index in [4.69, 9.17) is 4.74 Å². The first-order chi connectivity index (χ1) is 10.6. The third-order valence-electron chi connectivity index (χ3n) is 3.30. The number of phenols is 1. The van der Waals surface area contributed by atoms with Gasteiger partial charge in [-0.25, -0.2) is 0 Å². The van der Waals surface area contributed by atoms with Crippen molar-refractivity contribution in [2.45, 2.75) is 26.9 Å². The van der Waals surface area contributed by atoms with E-state index in [1.54, 1.807) is 6.07 Å². The molecule has 22 heavy (non-hydrogen) atoms. The van der Waals surface area contributed by atoms with Crippen LogP contribution in [-0.4, -0.2) is 11.4 Å². The van der Waals surface area contributed by atoms with Crippen LogP contribution in [0, 0.1) is 0 Å².